The van der Waals surface area contributed by atoms with Crippen LogP contribution >= 0.6 is 0 Å². The van der Waals surface area contributed by atoms with Crippen molar-refractivity contribution in [3.05, 3.63) is 68.1 Å². The van der Waals surface area contributed by atoms with Crippen molar-refractivity contribution < 1.29 is 27.2 Å². The van der Waals surface area contributed by atoms with Crippen LogP contribution in [0.4, 0.5) is 11.4 Å². The van der Waals surface area contributed by atoms with Gasteiger partial charge in [0.15, 0.2) is 0 Å². The molecular formula is C36H45N5O7S. The predicted molar refractivity (Wildman–Crippen MR) is 188 cm³/mol. The Hall–Kier alpha value is -3.94. The van der Waals surface area contributed by atoms with Crippen LogP contribution in [0.2, 0.25) is 0 Å². The van der Waals surface area contributed by atoms with Gasteiger partial charge >= 0.3 is 5.63 Å². The first kappa shape index (κ1) is 33.6. The van der Waals surface area contributed by atoms with Crippen LogP contribution in [0.5, 0.6) is 0 Å². The highest BCUT2D eigenvalue weighted by molar-refractivity contribution is 7.91. The van der Waals surface area contributed by atoms with E-state index in [0.717, 1.165) is 53.8 Å². The van der Waals surface area contributed by atoms with Crippen LogP contribution in [0.15, 0.2) is 33.5 Å². The molecular weight excluding hydrogens is 646 g/mol. The molecule has 0 radical (unpaired) electrons. The molecule has 3 aromatic rings. The van der Waals surface area contributed by atoms with E-state index in [-0.39, 0.29) is 24.1 Å². The number of methoxy groups -OCH3 is 1. The molecule has 0 spiro atoms. The number of aryl methyl sites for hydroxylation is 2. The minimum atomic E-state index is -3.82. The Kier molecular flexibility index (Phi) is 8.51. The Balaban J connectivity index is 1.15. The number of sulfonamides is 1. The number of carbonyl (C=O) groups excluding carboxylic acids is 2. The first-order valence-electron chi connectivity index (χ1n) is 17.1. The number of fused-ring (bicyclic) bond motifs is 3. The molecule has 2 aromatic carbocycles. The second kappa shape index (κ2) is 12.4. The molecule has 1 aromatic heterocycles. The summed E-state index contributed by atoms with van der Waals surface area (Å²) >= 11 is 0. The lowest BCUT2D eigenvalue weighted by atomic mass is 9.92. The average Bonchev–Trinajstić information content (AvgIpc) is 3.81. The fourth-order valence-corrected chi connectivity index (χ4v) is 8.63. The molecule has 49 heavy (non-hydrogen) atoms. The molecule has 12 nitrogen and oxygen atoms in total. The third-order valence-electron chi connectivity index (χ3n) is 11.1. The van der Waals surface area contributed by atoms with Gasteiger partial charge in [0.2, 0.25) is 10.0 Å². The summed E-state index contributed by atoms with van der Waals surface area (Å²) in [7, 11) is 0.0172. The van der Waals surface area contributed by atoms with Gasteiger partial charge in [-0.15, -0.1) is 0 Å². The van der Waals surface area contributed by atoms with E-state index in [4.69, 9.17) is 9.15 Å². The molecule has 7 rings (SSSR count). The van der Waals surface area contributed by atoms with Gasteiger partial charge in [-0.1, -0.05) is 0 Å². The van der Waals surface area contributed by atoms with Crippen molar-refractivity contribution in [3.8, 4) is 0 Å². The number of nitrogens with zero attached hydrogens (tertiary/aromatic N) is 4. The third-order valence-corrected chi connectivity index (χ3v) is 13.2. The summed E-state index contributed by atoms with van der Waals surface area (Å²) in [6, 6.07) is 7.22. The van der Waals surface area contributed by atoms with Crippen LogP contribution in [0.25, 0.3) is 11.0 Å². The summed E-state index contributed by atoms with van der Waals surface area (Å²) in [4.78, 5) is 49.0. The maximum atomic E-state index is 13.9. The first-order valence-corrected chi connectivity index (χ1v) is 18.6. The van der Waals surface area contributed by atoms with Gasteiger partial charge in [-0.25, -0.2) is 17.9 Å². The molecule has 1 saturated carbocycles. The van der Waals surface area contributed by atoms with E-state index in [1.165, 1.54) is 6.07 Å². The maximum absolute atomic E-state index is 13.9. The van der Waals surface area contributed by atoms with Crippen molar-refractivity contribution in [2.75, 3.05) is 69.8 Å². The quantitative estimate of drug-likeness (QED) is 0.352. The van der Waals surface area contributed by atoms with E-state index < -0.39 is 26.3 Å². The van der Waals surface area contributed by atoms with Crippen LogP contribution in [0.1, 0.15) is 69.2 Å². The largest absolute Gasteiger partial charge is 0.422 e. The Morgan fingerprint density at radius 1 is 1.02 bits per heavy atom. The fraction of sp³-hybridized carbons (Fsp3) is 0.528. The third kappa shape index (κ3) is 5.89. The van der Waals surface area contributed by atoms with Crippen LogP contribution in [0, 0.1) is 13.8 Å². The molecule has 1 aliphatic carbocycles. The standard InChI is InChI=1S/C36H45N5O7S/c1-22-17-29(40-16-15-38(4)25(19-40)21-47-5)23(2)32-31(22)26-9-14-41(20-28(26)35(44)48-32)34(43)24-7-8-27(30(18-24)39-12-6-13-39)33(42)37-49(45,46)36(3)10-11-36/h7-8,17-18,25H,6,9-16,19-21H2,1-5H3,(H,37,42)/t25-/m1/s1. The lowest BCUT2D eigenvalue weighted by molar-refractivity contribution is 0.0732. The Labute approximate surface area is 287 Å². The van der Waals surface area contributed by atoms with Crippen molar-refractivity contribution in [2.24, 2.45) is 0 Å². The SMILES string of the molecule is COC[C@H]1CN(c2cc(C)c3c4c(c(=O)oc3c2C)CN(C(=O)c2ccc(C(=O)NS(=O)(=O)C3(C)CC3)c(N3CCC3)c2)CC4)CCN1C. The van der Waals surface area contributed by atoms with E-state index in [0.29, 0.717) is 67.9 Å². The number of hydrogen-bond acceptors (Lipinski definition) is 10. The number of ether oxygens (including phenoxy) is 1. The lowest BCUT2D eigenvalue weighted by Crippen LogP contribution is -2.53. The topological polar surface area (TPSA) is 133 Å². The van der Waals surface area contributed by atoms with Crippen LogP contribution in [0.3, 0.4) is 0 Å². The summed E-state index contributed by atoms with van der Waals surface area (Å²) in [5.41, 5.74) is 5.73. The van der Waals surface area contributed by atoms with Crippen LogP contribution < -0.4 is 20.1 Å². The van der Waals surface area contributed by atoms with E-state index in [1.54, 1.807) is 31.1 Å². The molecule has 4 heterocycles. The summed E-state index contributed by atoms with van der Waals surface area (Å²) in [5, 5.41) is 0.941. The first-order chi connectivity index (χ1) is 23.3. The smallest absolute Gasteiger partial charge is 0.341 e. The Morgan fingerprint density at radius 2 is 1.78 bits per heavy atom. The number of piperazine rings is 1. The Morgan fingerprint density at radius 3 is 2.45 bits per heavy atom. The highest BCUT2D eigenvalue weighted by Crippen LogP contribution is 2.42. The molecule has 3 aliphatic heterocycles. The predicted octanol–water partition coefficient (Wildman–Crippen LogP) is 3.20. The molecule has 3 fully saturated rings. The number of hydrogen-bond donors (Lipinski definition) is 1. The minimum absolute atomic E-state index is 0.113. The molecule has 4 aliphatic rings. The second-order valence-electron chi connectivity index (χ2n) is 14.4. The van der Waals surface area contributed by atoms with E-state index >= 15 is 0 Å². The van der Waals surface area contributed by atoms with E-state index in [9.17, 15) is 22.8 Å². The van der Waals surface area contributed by atoms with Gasteiger partial charge in [0.1, 0.15) is 5.58 Å². The number of amides is 2. The van der Waals surface area contributed by atoms with Crippen molar-refractivity contribution in [3.63, 3.8) is 0 Å². The van der Waals surface area contributed by atoms with Crippen molar-refractivity contribution in [1.29, 1.82) is 0 Å². The molecule has 1 N–H and O–H groups in total. The number of anilines is 2. The van der Waals surface area contributed by atoms with Crippen LogP contribution in [-0.4, -0.2) is 101 Å². The molecule has 13 heteroatoms. The van der Waals surface area contributed by atoms with Crippen molar-refractivity contribution in [1.82, 2.24) is 14.5 Å². The number of nitrogens with one attached hydrogen (secondary N) is 1. The second-order valence-corrected chi connectivity index (χ2v) is 16.6. The number of likely N-dealkylation sites (N-methyl/N-ethyl adjacent to an activating group) is 1. The number of carbonyl (C=O) groups is 2. The maximum Gasteiger partial charge on any atom is 0.341 e. The van der Waals surface area contributed by atoms with Crippen molar-refractivity contribution >= 4 is 44.2 Å². The van der Waals surface area contributed by atoms with Gasteiger partial charge in [-0.05, 0) is 88.9 Å². The molecule has 0 bridgehead atoms. The highest BCUT2D eigenvalue weighted by atomic mass is 32.2. The molecule has 262 valence electrons. The number of rotatable bonds is 8. The molecule has 1 atom stereocenters. The minimum Gasteiger partial charge on any atom is -0.422 e. The van der Waals surface area contributed by atoms with Crippen molar-refractivity contribution in [2.45, 2.75) is 63.8 Å². The summed E-state index contributed by atoms with van der Waals surface area (Å²) < 4.78 is 38.4. The zero-order valence-electron chi connectivity index (χ0n) is 28.9. The monoisotopic (exact) mass is 691 g/mol. The molecule has 2 amide bonds. The summed E-state index contributed by atoms with van der Waals surface area (Å²) in [6.07, 6.45) is 2.47. The van der Waals surface area contributed by atoms with Gasteiger partial charge in [0.05, 0.1) is 40.8 Å². The van der Waals surface area contributed by atoms with E-state index in [1.807, 2.05) is 11.8 Å². The Bertz CT molecular complexity index is 2020. The average molecular weight is 692 g/mol. The van der Waals surface area contributed by atoms with Gasteiger partial charge in [0.25, 0.3) is 11.8 Å². The molecule has 2 saturated heterocycles. The lowest BCUT2D eigenvalue weighted by Gasteiger charge is -2.41. The molecule has 0 unspecified atom stereocenters. The van der Waals surface area contributed by atoms with Crippen LogP contribution in [-0.2, 0) is 27.7 Å². The van der Waals surface area contributed by atoms with Gasteiger partial charge in [-0.3, -0.25) is 14.5 Å². The van der Waals surface area contributed by atoms with Gasteiger partial charge in [0, 0.05) is 68.6 Å². The van der Waals surface area contributed by atoms with Gasteiger partial charge < -0.3 is 23.9 Å². The fourth-order valence-electron chi connectivity index (χ4n) is 7.39. The normalized spacial score (nSPS) is 20.6. The van der Waals surface area contributed by atoms with Gasteiger partial charge in [-0.2, -0.15) is 0 Å². The zero-order valence-corrected chi connectivity index (χ0v) is 29.7. The summed E-state index contributed by atoms with van der Waals surface area (Å²) in [6.45, 7) is 10.8. The zero-order chi connectivity index (χ0) is 34.8. The van der Waals surface area contributed by atoms with E-state index in [2.05, 4.69) is 34.6 Å². The summed E-state index contributed by atoms with van der Waals surface area (Å²) in [5.74, 6) is -0.956. The number of benzene rings is 2. The highest BCUT2D eigenvalue weighted by Gasteiger charge is 2.51.